The third-order valence-electron chi connectivity index (χ3n) is 2.93. The molecule has 0 saturated heterocycles. The van der Waals surface area contributed by atoms with Gasteiger partial charge in [-0.1, -0.05) is 48.2 Å². The summed E-state index contributed by atoms with van der Waals surface area (Å²) in [6.07, 6.45) is 5.94. The molecule has 0 aliphatic carbocycles. The van der Waals surface area contributed by atoms with Crippen molar-refractivity contribution in [2.75, 3.05) is 18.5 Å². The van der Waals surface area contributed by atoms with Gasteiger partial charge in [-0.15, -0.1) is 6.58 Å². The van der Waals surface area contributed by atoms with Gasteiger partial charge >= 0.3 is 0 Å². The summed E-state index contributed by atoms with van der Waals surface area (Å²) in [5.74, 6) is 0. The van der Waals surface area contributed by atoms with Crippen LogP contribution in [0.2, 0.25) is 0 Å². The van der Waals surface area contributed by atoms with Crippen LogP contribution in [0.3, 0.4) is 0 Å². The minimum Gasteiger partial charge on any atom is -0.381 e. The van der Waals surface area contributed by atoms with Gasteiger partial charge in [0.25, 0.3) is 0 Å². The van der Waals surface area contributed by atoms with E-state index in [0.29, 0.717) is 5.41 Å². The van der Waals surface area contributed by atoms with Gasteiger partial charge in [0.2, 0.25) is 0 Å². The van der Waals surface area contributed by atoms with Crippen molar-refractivity contribution >= 4 is 15.9 Å². The highest BCUT2D eigenvalue weighted by molar-refractivity contribution is 9.09. The molecule has 0 saturated carbocycles. The van der Waals surface area contributed by atoms with Crippen LogP contribution < -0.4 is 0 Å². The largest absolute Gasteiger partial charge is 0.381 e. The molecule has 0 atom stereocenters. The van der Waals surface area contributed by atoms with Gasteiger partial charge in [0.1, 0.15) is 0 Å². The van der Waals surface area contributed by atoms with Crippen molar-refractivity contribution in [2.45, 2.75) is 52.9 Å². The molecule has 0 N–H and O–H groups in total. The average molecular weight is 291 g/mol. The Kier molecular flexibility index (Phi) is 9.34. The normalized spacial score (nSPS) is 11.8. The Morgan fingerprint density at radius 3 is 2.19 bits per heavy atom. The van der Waals surface area contributed by atoms with Crippen LogP contribution in [-0.4, -0.2) is 18.5 Å². The van der Waals surface area contributed by atoms with Crippen molar-refractivity contribution in [3.63, 3.8) is 0 Å². The molecule has 96 valence electrons. The molecule has 0 unspecified atom stereocenters. The van der Waals surface area contributed by atoms with E-state index in [0.717, 1.165) is 25.0 Å². The molecule has 2 heteroatoms. The fraction of sp³-hybridized carbons (Fsp3) is 0.857. The van der Waals surface area contributed by atoms with Gasteiger partial charge < -0.3 is 4.74 Å². The summed E-state index contributed by atoms with van der Waals surface area (Å²) in [5, 5.41) is 1.05. The fourth-order valence-corrected chi connectivity index (χ4v) is 2.76. The summed E-state index contributed by atoms with van der Waals surface area (Å²) in [5.41, 5.74) is 1.55. The van der Waals surface area contributed by atoms with Gasteiger partial charge in [-0.05, 0) is 26.2 Å². The highest BCUT2D eigenvalue weighted by Crippen LogP contribution is 2.32. The molecule has 0 fully saturated rings. The third kappa shape index (κ3) is 6.70. The van der Waals surface area contributed by atoms with E-state index in [1.54, 1.807) is 0 Å². The second-order valence-electron chi connectivity index (χ2n) is 4.89. The van der Waals surface area contributed by atoms with Crippen molar-refractivity contribution in [1.29, 1.82) is 0 Å². The van der Waals surface area contributed by atoms with Gasteiger partial charge in [0.05, 0.1) is 13.2 Å². The second-order valence-corrected chi connectivity index (χ2v) is 5.45. The quantitative estimate of drug-likeness (QED) is 0.314. The molecule has 0 spiro atoms. The first-order valence-electron chi connectivity index (χ1n) is 6.38. The number of ether oxygens (including phenoxy) is 1. The van der Waals surface area contributed by atoms with Gasteiger partial charge in [-0.25, -0.2) is 0 Å². The van der Waals surface area contributed by atoms with Crippen molar-refractivity contribution in [3.8, 4) is 0 Å². The molecule has 0 bridgehead atoms. The Bertz CT molecular complexity index is 183. The van der Waals surface area contributed by atoms with E-state index in [1.165, 1.54) is 31.3 Å². The lowest BCUT2D eigenvalue weighted by Gasteiger charge is -2.31. The predicted octanol–water partition coefficient (Wildman–Crippen LogP) is 4.95. The summed E-state index contributed by atoms with van der Waals surface area (Å²) in [4.78, 5) is 0. The maximum atomic E-state index is 5.82. The number of hydrogen-bond donors (Lipinski definition) is 0. The van der Waals surface area contributed by atoms with Crippen LogP contribution in [0.25, 0.3) is 0 Å². The first kappa shape index (κ1) is 16.2. The SMILES string of the molecule is C=C(C)CCOCC(CBr)(CCC)CCC. The van der Waals surface area contributed by atoms with Gasteiger partial charge in [-0.3, -0.25) is 0 Å². The number of hydrogen-bond acceptors (Lipinski definition) is 1. The molecule has 0 aliphatic heterocycles. The smallest absolute Gasteiger partial charge is 0.0530 e. The molecule has 0 aromatic rings. The lowest BCUT2D eigenvalue weighted by atomic mass is 9.82. The Morgan fingerprint density at radius 1 is 1.25 bits per heavy atom. The molecule has 0 radical (unpaired) electrons. The van der Waals surface area contributed by atoms with E-state index in [4.69, 9.17) is 4.74 Å². The first-order valence-corrected chi connectivity index (χ1v) is 7.50. The first-order chi connectivity index (χ1) is 7.60. The standard InChI is InChI=1S/C14H27BrO/c1-5-8-14(11-15,9-6-2)12-16-10-7-13(3)4/h3,5-12H2,1-2,4H3. The third-order valence-corrected chi connectivity index (χ3v) is 4.12. The number of rotatable bonds is 10. The van der Waals surface area contributed by atoms with Crippen LogP contribution in [0.15, 0.2) is 12.2 Å². The number of alkyl halides is 1. The molecule has 0 aliphatic rings. The van der Waals surface area contributed by atoms with Crippen LogP contribution >= 0.6 is 15.9 Å². The summed E-state index contributed by atoms with van der Waals surface area (Å²) < 4.78 is 5.82. The summed E-state index contributed by atoms with van der Waals surface area (Å²) in [6, 6.07) is 0. The van der Waals surface area contributed by atoms with E-state index >= 15 is 0 Å². The van der Waals surface area contributed by atoms with E-state index in [2.05, 4.69) is 43.3 Å². The van der Waals surface area contributed by atoms with Crippen molar-refractivity contribution in [2.24, 2.45) is 5.41 Å². The highest BCUT2D eigenvalue weighted by atomic mass is 79.9. The lowest BCUT2D eigenvalue weighted by molar-refractivity contribution is 0.0472. The maximum absolute atomic E-state index is 5.82. The fourth-order valence-electron chi connectivity index (χ4n) is 2.04. The predicted molar refractivity (Wildman–Crippen MR) is 76.3 cm³/mol. The zero-order chi connectivity index (χ0) is 12.4. The Labute approximate surface area is 110 Å². The van der Waals surface area contributed by atoms with Gasteiger partial charge in [0.15, 0.2) is 0 Å². The zero-order valence-corrected chi connectivity index (χ0v) is 12.7. The molecular formula is C14H27BrO. The zero-order valence-electron chi connectivity index (χ0n) is 11.2. The second kappa shape index (κ2) is 9.23. The molecule has 0 aromatic carbocycles. The molecular weight excluding hydrogens is 264 g/mol. The Balaban J connectivity index is 4.03. The molecule has 0 aromatic heterocycles. The maximum Gasteiger partial charge on any atom is 0.0530 e. The van der Waals surface area contributed by atoms with E-state index in [1.807, 2.05) is 0 Å². The summed E-state index contributed by atoms with van der Waals surface area (Å²) in [6.45, 7) is 12.1. The molecule has 16 heavy (non-hydrogen) atoms. The van der Waals surface area contributed by atoms with E-state index in [-0.39, 0.29) is 0 Å². The van der Waals surface area contributed by atoms with Crippen molar-refractivity contribution < 1.29 is 4.74 Å². The molecule has 0 rings (SSSR count). The summed E-state index contributed by atoms with van der Waals surface area (Å²) in [7, 11) is 0. The van der Waals surface area contributed by atoms with Crippen LogP contribution in [0, 0.1) is 5.41 Å². The van der Waals surface area contributed by atoms with E-state index < -0.39 is 0 Å². The average Bonchev–Trinajstić information content (AvgIpc) is 2.24. The van der Waals surface area contributed by atoms with Gasteiger partial charge in [0, 0.05) is 10.7 Å². The summed E-state index contributed by atoms with van der Waals surface area (Å²) >= 11 is 3.66. The lowest BCUT2D eigenvalue weighted by Crippen LogP contribution is -2.29. The number of halogens is 1. The molecule has 0 amide bonds. The Hall–Kier alpha value is 0.180. The minimum absolute atomic E-state index is 0.346. The highest BCUT2D eigenvalue weighted by Gasteiger charge is 2.27. The van der Waals surface area contributed by atoms with Crippen LogP contribution in [0.1, 0.15) is 52.9 Å². The molecule has 1 nitrogen and oxygen atoms in total. The van der Waals surface area contributed by atoms with Crippen LogP contribution in [-0.2, 0) is 4.74 Å². The monoisotopic (exact) mass is 290 g/mol. The van der Waals surface area contributed by atoms with Crippen LogP contribution in [0.4, 0.5) is 0 Å². The topological polar surface area (TPSA) is 9.23 Å². The minimum atomic E-state index is 0.346. The van der Waals surface area contributed by atoms with Crippen molar-refractivity contribution in [3.05, 3.63) is 12.2 Å². The van der Waals surface area contributed by atoms with E-state index in [9.17, 15) is 0 Å². The van der Waals surface area contributed by atoms with Crippen LogP contribution in [0.5, 0.6) is 0 Å². The Morgan fingerprint density at radius 2 is 1.81 bits per heavy atom. The van der Waals surface area contributed by atoms with Gasteiger partial charge in [-0.2, -0.15) is 0 Å². The van der Waals surface area contributed by atoms with Crippen molar-refractivity contribution in [1.82, 2.24) is 0 Å². The molecule has 0 heterocycles.